The first-order chi connectivity index (χ1) is 26.3. The number of alkyl halides is 1. The molecule has 2 unspecified atom stereocenters. The number of aliphatic hydroxyl groups excluding tert-OH is 3. The number of nitrogens with zero attached hydrogens (tertiary/aromatic N) is 2. The number of hydrogen-bond acceptors (Lipinski definition) is 11. The normalized spacial score (nSPS) is 20.9. The molecule has 1 aromatic heterocycles. The molecule has 0 saturated carbocycles. The number of aryl methyl sites for hydroxylation is 1. The Kier molecular flexibility index (Phi) is 18.1. The molecule has 4 rings (SSSR count). The monoisotopic (exact) mass is 938 g/mol. The zero-order chi connectivity index (χ0) is 40.2. The van der Waals surface area contributed by atoms with Crippen molar-refractivity contribution in [3.8, 4) is 5.75 Å². The number of fused-ring (bicyclic) bond motifs is 1. The van der Waals surface area contributed by atoms with E-state index in [9.17, 15) is 29.7 Å². The Morgan fingerprint density at radius 3 is 2.53 bits per heavy atom. The maximum absolute atomic E-state index is 13.4. The number of thioether (sulfide) groups is 1. The van der Waals surface area contributed by atoms with Gasteiger partial charge in [0.25, 0.3) is 5.91 Å². The van der Waals surface area contributed by atoms with Crippen LogP contribution in [0.3, 0.4) is 0 Å². The number of ether oxygens (including phenoxy) is 3. The summed E-state index contributed by atoms with van der Waals surface area (Å²) < 4.78 is 19.2. The molecule has 1 aliphatic rings. The average molecular weight is 940 g/mol. The SMILES string of the molecule is CCC(I)SC(CCCC(=O)CCCCCn1c(COc2c(Cl)cc(C(=O)N[C@H]3[C@@H](OC)O[C@H](CO)[C@@H](O)[C@@H]3O)c(C)c2Cl)nc2ccccc21)NC(=O)O. The third-order valence-electron chi connectivity index (χ3n) is 9.33. The lowest BCUT2D eigenvalue weighted by Crippen LogP contribution is -2.64. The predicted octanol–water partition coefficient (Wildman–Crippen LogP) is 6.21. The summed E-state index contributed by atoms with van der Waals surface area (Å²) in [6.45, 7) is 3.78. The largest absolute Gasteiger partial charge is 0.483 e. The number of amides is 2. The fraction of sp³-hybridized carbons (Fsp3) is 0.568. The van der Waals surface area contributed by atoms with Crippen molar-refractivity contribution in [2.45, 2.75) is 118 Å². The van der Waals surface area contributed by atoms with Gasteiger partial charge in [0.2, 0.25) is 0 Å². The Bertz CT molecular complexity index is 1770. The second-order valence-corrected chi connectivity index (χ2v) is 17.8. The van der Waals surface area contributed by atoms with Gasteiger partial charge in [-0.05, 0) is 62.8 Å². The first kappa shape index (κ1) is 45.3. The van der Waals surface area contributed by atoms with Gasteiger partial charge in [-0.3, -0.25) is 9.59 Å². The van der Waals surface area contributed by atoms with E-state index in [1.165, 1.54) is 13.2 Å². The van der Waals surface area contributed by atoms with Crippen molar-refractivity contribution < 1.29 is 49.0 Å². The van der Waals surface area contributed by atoms with Crippen LogP contribution in [0.2, 0.25) is 10.0 Å². The second kappa shape index (κ2) is 21.9. The van der Waals surface area contributed by atoms with E-state index in [-0.39, 0.29) is 39.1 Å². The Morgan fingerprint density at radius 2 is 1.84 bits per heavy atom. The summed E-state index contributed by atoms with van der Waals surface area (Å²) in [7, 11) is 1.31. The van der Waals surface area contributed by atoms with E-state index in [1.807, 2.05) is 24.3 Å². The van der Waals surface area contributed by atoms with E-state index >= 15 is 0 Å². The van der Waals surface area contributed by atoms with Crippen molar-refractivity contribution in [1.29, 1.82) is 0 Å². The Morgan fingerprint density at radius 1 is 1.11 bits per heavy atom. The van der Waals surface area contributed by atoms with Gasteiger partial charge in [-0.25, -0.2) is 9.78 Å². The molecular weight excluding hydrogens is 890 g/mol. The molecule has 3 aromatic rings. The fourth-order valence-corrected chi connectivity index (χ4v) is 8.96. The Labute approximate surface area is 348 Å². The number of unbranched alkanes of at least 4 members (excludes halogenated alkanes) is 2. The molecule has 2 aromatic carbocycles. The first-order valence-corrected chi connectivity index (χ1v) is 21.1. The van der Waals surface area contributed by atoms with E-state index in [1.54, 1.807) is 18.7 Å². The lowest BCUT2D eigenvalue weighted by atomic mass is 9.96. The van der Waals surface area contributed by atoms with Gasteiger partial charge in [-0.15, -0.1) is 11.8 Å². The van der Waals surface area contributed by atoms with Crippen molar-refractivity contribution in [3.63, 3.8) is 0 Å². The molecule has 0 aliphatic carbocycles. The topological polar surface area (TPSA) is 202 Å². The maximum Gasteiger partial charge on any atom is 0.405 e. The summed E-state index contributed by atoms with van der Waals surface area (Å²) in [6.07, 6.45) is -0.863. The molecule has 1 fully saturated rings. The van der Waals surface area contributed by atoms with Gasteiger partial charge in [0.05, 0.1) is 36.3 Å². The number of imidazole rings is 1. The Hall–Kier alpha value is -2.42. The maximum atomic E-state index is 13.4. The number of methoxy groups -OCH3 is 1. The number of rotatable bonds is 21. The zero-order valence-electron chi connectivity index (χ0n) is 30.9. The van der Waals surface area contributed by atoms with Gasteiger partial charge in [0, 0.05) is 32.1 Å². The number of ketones is 1. The molecule has 0 bridgehead atoms. The average Bonchev–Trinajstić information content (AvgIpc) is 3.51. The molecule has 1 saturated heterocycles. The predicted molar refractivity (Wildman–Crippen MR) is 219 cm³/mol. The minimum atomic E-state index is -1.49. The van der Waals surface area contributed by atoms with Gasteiger partial charge in [-0.2, -0.15) is 0 Å². The number of halogens is 3. The van der Waals surface area contributed by atoms with Crippen LogP contribution in [-0.2, 0) is 27.4 Å². The van der Waals surface area contributed by atoms with Crippen LogP contribution in [0.25, 0.3) is 11.0 Å². The van der Waals surface area contributed by atoms with Crippen LogP contribution in [0.15, 0.2) is 30.3 Å². The van der Waals surface area contributed by atoms with Crippen molar-refractivity contribution >= 4 is 86.4 Å². The molecule has 0 radical (unpaired) electrons. The van der Waals surface area contributed by atoms with Crippen LogP contribution in [0.4, 0.5) is 4.79 Å². The van der Waals surface area contributed by atoms with Crippen molar-refractivity contribution in [1.82, 2.24) is 20.2 Å². The Balaban J connectivity index is 1.34. The van der Waals surface area contributed by atoms with E-state index in [0.717, 1.165) is 36.7 Å². The molecule has 7 atom stereocenters. The smallest absolute Gasteiger partial charge is 0.405 e. The van der Waals surface area contributed by atoms with Crippen LogP contribution in [-0.4, -0.2) is 101 Å². The number of nitrogens with one attached hydrogen (secondary N) is 2. The number of aromatic nitrogens is 2. The number of benzene rings is 2. The van der Waals surface area contributed by atoms with E-state index in [2.05, 4.69) is 44.7 Å². The molecule has 304 valence electrons. The molecule has 2 amide bonds. The minimum absolute atomic E-state index is 0.0230. The molecule has 55 heavy (non-hydrogen) atoms. The number of carboxylic acid groups (broad SMARTS) is 1. The number of hydrogen-bond donors (Lipinski definition) is 6. The van der Waals surface area contributed by atoms with Gasteiger partial charge in [0.15, 0.2) is 12.0 Å². The van der Waals surface area contributed by atoms with Crippen LogP contribution in [0.5, 0.6) is 5.75 Å². The molecule has 6 N–H and O–H groups in total. The van der Waals surface area contributed by atoms with Gasteiger partial charge >= 0.3 is 6.09 Å². The third-order valence-corrected chi connectivity index (χ3v) is 13.1. The summed E-state index contributed by atoms with van der Waals surface area (Å²) in [6, 6.07) is 7.96. The number of carbonyl (C=O) groups excluding carboxylic acids is 2. The van der Waals surface area contributed by atoms with Gasteiger partial charge in [0.1, 0.15) is 42.6 Å². The van der Waals surface area contributed by atoms with Crippen molar-refractivity contribution in [3.05, 3.63) is 57.3 Å². The summed E-state index contributed by atoms with van der Waals surface area (Å²) in [5, 5.41) is 44.7. The number of carbonyl (C=O) groups is 3. The highest BCUT2D eigenvalue weighted by Gasteiger charge is 2.45. The zero-order valence-corrected chi connectivity index (χ0v) is 35.4. The second-order valence-electron chi connectivity index (χ2n) is 13.2. The molecule has 1 aliphatic heterocycles. The molecule has 14 nitrogen and oxygen atoms in total. The van der Waals surface area contributed by atoms with Gasteiger partial charge in [-0.1, -0.05) is 71.3 Å². The highest BCUT2D eigenvalue weighted by Crippen LogP contribution is 2.38. The molecular formula is C37H49Cl2IN4O10S. The first-order valence-electron chi connectivity index (χ1n) is 18.1. The number of Topliss-reactive ketones (excluding diaryl/α,β-unsaturated/α-hetero) is 1. The van der Waals surface area contributed by atoms with E-state index < -0.39 is 49.3 Å². The van der Waals surface area contributed by atoms with E-state index in [4.69, 9.17) is 47.5 Å². The summed E-state index contributed by atoms with van der Waals surface area (Å²) in [5.74, 6) is 0.317. The lowest BCUT2D eigenvalue weighted by molar-refractivity contribution is -0.261. The lowest BCUT2D eigenvalue weighted by Gasteiger charge is -2.41. The number of para-hydroxylation sites is 2. The van der Waals surface area contributed by atoms with Crippen molar-refractivity contribution in [2.24, 2.45) is 0 Å². The van der Waals surface area contributed by atoms with Crippen LogP contribution < -0.4 is 15.4 Å². The van der Waals surface area contributed by atoms with Crippen molar-refractivity contribution in [2.75, 3.05) is 13.7 Å². The highest BCUT2D eigenvalue weighted by molar-refractivity contribution is 14.1. The summed E-state index contributed by atoms with van der Waals surface area (Å²) in [4.78, 5) is 42.0. The van der Waals surface area contributed by atoms with Crippen LogP contribution >= 0.6 is 57.6 Å². The highest BCUT2D eigenvalue weighted by atomic mass is 127. The summed E-state index contributed by atoms with van der Waals surface area (Å²) in [5.41, 5.74) is 2.18. The van der Waals surface area contributed by atoms with Gasteiger partial charge < -0.3 is 49.8 Å². The van der Waals surface area contributed by atoms with Crippen LogP contribution in [0.1, 0.15) is 80.0 Å². The van der Waals surface area contributed by atoms with Crippen LogP contribution in [0, 0.1) is 6.92 Å². The standard InChI is InChI=1S/C37H49Cl2IN4O10S/c1-4-27(40)55-29(42-37(50)51)15-10-12-21(46)11-6-5-9-16-44-25-14-8-7-13-24(25)41-28(44)19-53-34-23(38)17-22(20(2)30(34)39)35(49)43-31-33(48)32(47)26(18-45)54-36(31)52-3/h7-8,13-14,17,26-27,29,31-33,36,42,45,47-48H,4-6,9-12,15-16,18-19H2,1-3H3,(H,43,49)(H,50,51)/t26-,27?,29?,31-,32-,33-,36+/m1/s1. The molecule has 2 heterocycles. The summed E-state index contributed by atoms with van der Waals surface area (Å²) >= 11 is 17.2. The van der Waals surface area contributed by atoms with E-state index in [0.29, 0.717) is 46.9 Å². The quantitative estimate of drug-likeness (QED) is 0.0306. The fourth-order valence-electron chi connectivity index (χ4n) is 6.32. The third kappa shape index (κ3) is 12.3. The minimum Gasteiger partial charge on any atom is -0.483 e. The number of aliphatic hydroxyl groups is 3. The molecule has 0 spiro atoms. The molecule has 18 heteroatoms.